The number of halogens is 1. The molecule has 5 rings (SSSR count). The summed E-state index contributed by atoms with van der Waals surface area (Å²) in [6.07, 6.45) is 6.87. The van der Waals surface area contributed by atoms with Crippen LogP contribution in [0.2, 0.25) is 0 Å². The van der Waals surface area contributed by atoms with Gasteiger partial charge >= 0.3 is 0 Å². The molecule has 2 aromatic carbocycles. The molecule has 156 valence electrons. The van der Waals surface area contributed by atoms with E-state index in [4.69, 9.17) is 4.98 Å². The van der Waals surface area contributed by atoms with E-state index in [1.54, 1.807) is 30.5 Å². The maximum Gasteiger partial charge on any atom is 0.164 e. The molecule has 0 aliphatic carbocycles. The average Bonchev–Trinajstić information content (AvgIpc) is 3.20. The van der Waals surface area contributed by atoms with E-state index in [0.29, 0.717) is 0 Å². The number of phenols is 1. The molecule has 31 heavy (non-hydrogen) atoms. The van der Waals surface area contributed by atoms with E-state index in [1.165, 1.54) is 17.7 Å². The molecule has 5 nitrogen and oxygen atoms in total. The number of benzene rings is 2. The van der Waals surface area contributed by atoms with Gasteiger partial charge in [-0.3, -0.25) is 14.3 Å². The normalized spacial score (nSPS) is 14.7. The van der Waals surface area contributed by atoms with Crippen molar-refractivity contribution in [2.24, 2.45) is 0 Å². The molecule has 0 radical (unpaired) electrons. The molecule has 1 N–H and O–H groups in total. The lowest BCUT2D eigenvalue weighted by Gasteiger charge is -2.24. The number of rotatable bonds is 4. The van der Waals surface area contributed by atoms with Crippen LogP contribution < -0.4 is 0 Å². The molecule has 1 aliphatic rings. The summed E-state index contributed by atoms with van der Waals surface area (Å²) in [5.74, 6) is -0.0787. The first-order valence-electron chi connectivity index (χ1n) is 10.5. The summed E-state index contributed by atoms with van der Waals surface area (Å²) in [4.78, 5) is 12.1. The smallest absolute Gasteiger partial charge is 0.164 e. The lowest BCUT2D eigenvalue weighted by Crippen LogP contribution is -2.28. The predicted molar refractivity (Wildman–Crippen MR) is 120 cm³/mol. The predicted octanol–water partition coefficient (Wildman–Crippen LogP) is 5.02. The molecular weight excluding hydrogens is 391 g/mol. The van der Waals surface area contributed by atoms with Crippen molar-refractivity contribution < 1.29 is 9.50 Å². The highest BCUT2D eigenvalue weighted by Crippen LogP contribution is 2.35. The summed E-state index contributed by atoms with van der Waals surface area (Å²) in [7, 11) is 0. The fraction of sp³-hybridized carbons (Fsp3) is 0.200. The van der Waals surface area contributed by atoms with E-state index in [1.807, 2.05) is 22.7 Å². The van der Waals surface area contributed by atoms with E-state index < -0.39 is 0 Å². The monoisotopic (exact) mass is 414 g/mol. The van der Waals surface area contributed by atoms with Crippen molar-refractivity contribution in [1.82, 2.24) is 19.3 Å². The topological polar surface area (TPSA) is 53.7 Å². The van der Waals surface area contributed by atoms with E-state index in [-0.39, 0.29) is 11.6 Å². The van der Waals surface area contributed by atoms with Crippen molar-refractivity contribution >= 4 is 11.2 Å². The highest BCUT2D eigenvalue weighted by molar-refractivity contribution is 5.85. The van der Waals surface area contributed by atoms with Gasteiger partial charge in [0.2, 0.25) is 0 Å². The van der Waals surface area contributed by atoms with Gasteiger partial charge in [0.25, 0.3) is 0 Å². The number of aromatic nitrogens is 3. The number of hydrogen-bond donors (Lipinski definition) is 1. The largest absolute Gasteiger partial charge is 0.508 e. The number of fused-ring (bicyclic) bond motifs is 1. The highest BCUT2D eigenvalue weighted by atomic mass is 19.1. The SMILES string of the molecule is CCN1CC=C(c2nccn3c(-c4ccc(O)cc4)c(-c4ccc(F)cc4)nc23)CC1. The fourth-order valence-corrected chi connectivity index (χ4v) is 4.12. The van der Waals surface area contributed by atoms with Crippen molar-refractivity contribution in [2.75, 3.05) is 19.6 Å². The van der Waals surface area contributed by atoms with Crippen molar-refractivity contribution in [1.29, 1.82) is 0 Å². The summed E-state index contributed by atoms with van der Waals surface area (Å²) < 4.78 is 15.6. The first-order valence-corrected chi connectivity index (χ1v) is 10.5. The molecule has 0 spiro atoms. The van der Waals surface area contributed by atoms with E-state index in [0.717, 1.165) is 59.9 Å². The fourth-order valence-electron chi connectivity index (χ4n) is 4.12. The van der Waals surface area contributed by atoms with Crippen LogP contribution in [0, 0.1) is 5.82 Å². The summed E-state index contributed by atoms with van der Waals surface area (Å²) in [6.45, 7) is 5.11. The minimum atomic E-state index is -0.283. The zero-order valence-corrected chi connectivity index (χ0v) is 17.3. The number of nitrogens with zero attached hydrogens (tertiary/aromatic N) is 4. The van der Waals surface area contributed by atoms with Gasteiger partial charge < -0.3 is 5.11 Å². The molecule has 1 aliphatic heterocycles. The Labute approximate surface area is 180 Å². The van der Waals surface area contributed by atoms with Crippen molar-refractivity contribution in [2.45, 2.75) is 13.3 Å². The number of aromatic hydroxyl groups is 1. The summed E-state index contributed by atoms with van der Waals surface area (Å²) in [5, 5.41) is 9.75. The lowest BCUT2D eigenvalue weighted by molar-refractivity contribution is 0.318. The van der Waals surface area contributed by atoms with Crippen LogP contribution in [-0.4, -0.2) is 44.0 Å². The van der Waals surface area contributed by atoms with Crippen molar-refractivity contribution in [3.8, 4) is 28.3 Å². The highest BCUT2D eigenvalue weighted by Gasteiger charge is 2.21. The van der Waals surface area contributed by atoms with E-state index in [9.17, 15) is 9.50 Å². The molecule has 0 saturated heterocycles. The molecule has 2 aromatic heterocycles. The second kappa shape index (κ2) is 7.96. The number of imidazole rings is 1. The minimum Gasteiger partial charge on any atom is -0.508 e. The second-order valence-electron chi connectivity index (χ2n) is 7.70. The Hall–Kier alpha value is -3.51. The van der Waals surface area contributed by atoms with Gasteiger partial charge in [-0.15, -0.1) is 0 Å². The summed E-state index contributed by atoms with van der Waals surface area (Å²) in [6, 6.07) is 13.4. The van der Waals surface area contributed by atoms with E-state index >= 15 is 0 Å². The Morgan fingerprint density at radius 2 is 1.74 bits per heavy atom. The van der Waals surface area contributed by atoms with Gasteiger partial charge in [-0.05, 0) is 67.1 Å². The molecule has 6 heteroatoms. The summed E-state index contributed by atoms with van der Waals surface area (Å²) >= 11 is 0. The zero-order chi connectivity index (χ0) is 21.4. The molecule has 0 fully saturated rings. The van der Waals surface area contributed by atoms with Gasteiger partial charge in [0.05, 0.1) is 11.4 Å². The van der Waals surface area contributed by atoms with Gasteiger partial charge in [0, 0.05) is 36.6 Å². The average molecular weight is 414 g/mol. The maximum absolute atomic E-state index is 13.6. The molecular formula is C25H23FN4O. The Morgan fingerprint density at radius 3 is 2.42 bits per heavy atom. The third-order valence-corrected chi connectivity index (χ3v) is 5.85. The van der Waals surface area contributed by atoms with Crippen molar-refractivity contribution in [3.05, 3.63) is 78.5 Å². The van der Waals surface area contributed by atoms with Gasteiger partial charge in [0.1, 0.15) is 17.3 Å². The van der Waals surface area contributed by atoms with Crippen LogP contribution in [0.25, 0.3) is 33.7 Å². The number of hydrogen-bond acceptors (Lipinski definition) is 4. The Bertz CT molecular complexity index is 1260. The molecule has 4 aromatic rings. The maximum atomic E-state index is 13.6. The Balaban J connectivity index is 1.73. The van der Waals surface area contributed by atoms with Crippen LogP contribution in [-0.2, 0) is 0 Å². The molecule has 0 amide bonds. The molecule has 0 unspecified atom stereocenters. The van der Waals surface area contributed by atoms with Crippen LogP contribution in [0.1, 0.15) is 19.0 Å². The Kier molecular flexibility index (Phi) is 5.00. The van der Waals surface area contributed by atoms with Gasteiger partial charge in [-0.25, -0.2) is 9.37 Å². The zero-order valence-electron chi connectivity index (χ0n) is 17.3. The first-order chi connectivity index (χ1) is 15.1. The minimum absolute atomic E-state index is 0.205. The Morgan fingerprint density at radius 1 is 1.00 bits per heavy atom. The molecule has 0 atom stereocenters. The van der Waals surface area contributed by atoms with Gasteiger partial charge in [-0.2, -0.15) is 0 Å². The summed E-state index contributed by atoms with van der Waals surface area (Å²) in [5.41, 5.74) is 6.24. The van der Waals surface area contributed by atoms with Crippen molar-refractivity contribution in [3.63, 3.8) is 0 Å². The number of phenolic OH excluding ortho intramolecular Hbond substituents is 1. The molecule has 0 bridgehead atoms. The lowest BCUT2D eigenvalue weighted by atomic mass is 10.0. The first kappa shape index (κ1) is 19.5. The van der Waals surface area contributed by atoms with Crippen LogP contribution in [0.5, 0.6) is 5.75 Å². The third-order valence-electron chi connectivity index (χ3n) is 5.85. The molecule has 0 saturated carbocycles. The van der Waals surface area contributed by atoms with Crippen LogP contribution >= 0.6 is 0 Å². The van der Waals surface area contributed by atoms with E-state index in [2.05, 4.69) is 22.9 Å². The number of likely N-dealkylation sites (N-methyl/N-ethyl adjacent to an activating group) is 1. The standard InChI is InChI=1S/C25H23FN4O/c1-2-29-14-11-18(12-15-29)23-25-28-22(17-3-7-20(26)8-4-17)24(30(25)16-13-27-23)19-5-9-21(31)10-6-19/h3-11,13,16,31H,2,12,14-15H2,1H3. The van der Waals surface area contributed by atoms with Crippen LogP contribution in [0.4, 0.5) is 4.39 Å². The second-order valence-corrected chi connectivity index (χ2v) is 7.70. The van der Waals surface area contributed by atoms with Gasteiger partial charge in [-0.1, -0.05) is 13.0 Å². The van der Waals surface area contributed by atoms with Crippen LogP contribution in [0.15, 0.2) is 67.0 Å². The quantitative estimate of drug-likeness (QED) is 0.510. The molecule has 3 heterocycles. The van der Waals surface area contributed by atoms with Gasteiger partial charge in [0.15, 0.2) is 5.65 Å². The third kappa shape index (κ3) is 3.59. The van der Waals surface area contributed by atoms with Crippen LogP contribution in [0.3, 0.4) is 0 Å².